The number of aliphatic hydroxyl groups is 1. The van der Waals surface area contributed by atoms with E-state index in [-0.39, 0.29) is 11.4 Å². The van der Waals surface area contributed by atoms with Gasteiger partial charge in [-0.3, -0.25) is 4.98 Å². The van der Waals surface area contributed by atoms with Gasteiger partial charge in [0.15, 0.2) is 0 Å². The molecule has 2 N–H and O–H groups in total. The molecule has 1 saturated carbocycles. The zero-order valence-electron chi connectivity index (χ0n) is 10.2. The van der Waals surface area contributed by atoms with Crippen LogP contribution in [-0.2, 0) is 10.0 Å². The Hall–Kier alpha value is -0.980. The number of rotatable bonds is 4. The van der Waals surface area contributed by atoms with E-state index < -0.39 is 15.6 Å². The molecule has 1 aromatic rings. The molecule has 1 aromatic heterocycles. The fraction of sp³-hybridized carbons (Fsp3) is 0.583. The van der Waals surface area contributed by atoms with Gasteiger partial charge in [-0.05, 0) is 25.0 Å². The average Bonchev–Trinajstić information content (AvgIpc) is 2.39. The van der Waals surface area contributed by atoms with Crippen molar-refractivity contribution < 1.29 is 13.5 Å². The number of sulfonamides is 1. The van der Waals surface area contributed by atoms with Gasteiger partial charge >= 0.3 is 0 Å². The Morgan fingerprint density at radius 1 is 1.33 bits per heavy atom. The Bertz CT molecular complexity index is 481. The number of hydrogen-bond acceptors (Lipinski definition) is 4. The first-order chi connectivity index (χ1) is 8.52. The first-order valence-electron chi connectivity index (χ1n) is 6.14. The van der Waals surface area contributed by atoms with Crippen molar-refractivity contribution in [2.75, 3.05) is 6.54 Å². The van der Waals surface area contributed by atoms with E-state index >= 15 is 0 Å². The van der Waals surface area contributed by atoms with Gasteiger partial charge in [-0.15, -0.1) is 0 Å². The van der Waals surface area contributed by atoms with E-state index in [4.69, 9.17) is 0 Å². The molecular weight excluding hydrogens is 252 g/mol. The molecule has 2 rings (SSSR count). The van der Waals surface area contributed by atoms with Gasteiger partial charge in [0.25, 0.3) is 0 Å². The monoisotopic (exact) mass is 270 g/mol. The van der Waals surface area contributed by atoms with Crippen molar-refractivity contribution in [3.63, 3.8) is 0 Å². The minimum Gasteiger partial charge on any atom is -0.389 e. The SMILES string of the molecule is O=S(=O)(NCC1(O)CCCCC1)c1cccnc1. The molecule has 0 bridgehead atoms. The van der Waals surface area contributed by atoms with Crippen molar-refractivity contribution in [2.24, 2.45) is 0 Å². The highest BCUT2D eigenvalue weighted by Gasteiger charge is 2.30. The van der Waals surface area contributed by atoms with Crippen LogP contribution in [0.15, 0.2) is 29.4 Å². The Kier molecular flexibility index (Phi) is 3.99. The van der Waals surface area contributed by atoms with E-state index in [1.165, 1.54) is 18.5 Å². The van der Waals surface area contributed by atoms with Crippen LogP contribution in [0.1, 0.15) is 32.1 Å². The van der Waals surface area contributed by atoms with Crippen LogP contribution in [0.4, 0.5) is 0 Å². The summed E-state index contributed by atoms with van der Waals surface area (Å²) in [6.07, 6.45) is 7.14. The molecule has 1 fully saturated rings. The molecule has 0 amide bonds. The lowest BCUT2D eigenvalue weighted by atomic mass is 9.85. The number of pyridine rings is 1. The van der Waals surface area contributed by atoms with Gasteiger partial charge in [0.1, 0.15) is 4.90 Å². The second-order valence-corrected chi connectivity index (χ2v) is 6.57. The standard InChI is InChI=1S/C12H18N2O3S/c15-12(6-2-1-3-7-12)10-14-18(16,17)11-5-4-8-13-9-11/h4-5,8-9,14-15H,1-3,6-7,10H2. The minimum atomic E-state index is -3.57. The lowest BCUT2D eigenvalue weighted by Gasteiger charge is -2.31. The largest absolute Gasteiger partial charge is 0.389 e. The normalized spacial score (nSPS) is 19.6. The smallest absolute Gasteiger partial charge is 0.242 e. The summed E-state index contributed by atoms with van der Waals surface area (Å²) in [6, 6.07) is 3.06. The van der Waals surface area contributed by atoms with Gasteiger partial charge in [-0.25, -0.2) is 13.1 Å². The maximum absolute atomic E-state index is 12.0. The van der Waals surface area contributed by atoms with E-state index in [2.05, 4.69) is 9.71 Å². The van der Waals surface area contributed by atoms with Crippen LogP contribution in [0.5, 0.6) is 0 Å². The second-order valence-electron chi connectivity index (χ2n) is 4.80. The summed E-state index contributed by atoms with van der Waals surface area (Å²) >= 11 is 0. The Labute approximate surface area is 107 Å². The lowest BCUT2D eigenvalue weighted by Crippen LogP contribution is -2.44. The number of nitrogens with one attached hydrogen (secondary N) is 1. The van der Waals surface area contributed by atoms with Gasteiger partial charge in [0.2, 0.25) is 10.0 Å². The van der Waals surface area contributed by atoms with Gasteiger partial charge in [-0.2, -0.15) is 0 Å². The molecule has 0 radical (unpaired) electrons. The zero-order valence-corrected chi connectivity index (χ0v) is 11.0. The molecule has 1 aliphatic rings. The van der Waals surface area contributed by atoms with E-state index in [1.807, 2.05) is 0 Å². The van der Waals surface area contributed by atoms with Crippen LogP contribution in [0.25, 0.3) is 0 Å². The Morgan fingerprint density at radius 2 is 2.06 bits per heavy atom. The predicted molar refractivity (Wildman–Crippen MR) is 67.5 cm³/mol. The van der Waals surface area contributed by atoms with Crippen molar-refractivity contribution in [3.8, 4) is 0 Å². The Balaban J connectivity index is 2.01. The van der Waals surface area contributed by atoms with Crippen LogP contribution < -0.4 is 4.72 Å². The summed E-state index contributed by atoms with van der Waals surface area (Å²) in [6.45, 7) is 0.0736. The summed E-state index contributed by atoms with van der Waals surface area (Å²) in [4.78, 5) is 3.91. The van der Waals surface area contributed by atoms with Crippen LogP contribution in [-0.4, -0.2) is 30.7 Å². The molecule has 1 aliphatic carbocycles. The van der Waals surface area contributed by atoms with E-state index in [0.29, 0.717) is 12.8 Å². The summed E-state index contributed by atoms with van der Waals surface area (Å²) in [5.74, 6) is 0. The number of nitrogens with zero attached hydrogens (tertiary/aromatic N) is 1. The molecule has 0 atom stereocenters. The summed E-state index contributed by atoms with van der Waals surface area (Å²) in [5, 5.41) is 10.2. The highest BCUT2D eigenvalue weighted by atomic mass is 32.2. The topological polar surface area (TPSA) is 79.3 Å². The Morgan fingerprint density at radius 3 is 2.67 bits per heavy atom. The fourth-order valence-electron chi connectivity index (χ4n) is 2.21. The van der Waals surface area contributed by atoms with Crippen molar-refractivity contribution in [3.05, 3.63) is 24.5 Å². The van der Waals surface area contributed by atoms with Gasteiger partial charge in [-0.1, -0.05) is 19.3 Å². The molecule has 0 unspecified atom stereocenters. The van der Waals surface area contributed by atoms with Crippen LogP contribution in [0.2, 0.25) is 0 Å². The molecule has 18 heavy (non-hydrogen) atoms. The molecule has 100 valence electrons. The maximum atomic E-state index is 12.0. The third-order valence-electron chi connectivity index (χ3n) is 3.32. The number of hydrogen-bond donors (Lipinski definition) is 2. The van der Waals surface area contributed by atoms with Crippen molar-refractivity contribution in [2.45, 2.75) is 42.6 Å². The first kappa shape index (κ1) is 13.5. The fourth-order valence-corrected chi connectivity index (χ4v) is 3.29. The van der Waals surface area contributed by atoms with Crippen molar-refractivity contribution in [1.82, 2.24) is 9.71 Å². The van der Waals surface area contributed by atoms with Crippen molar-refractivity contribution in [1.29, 1.82) is 0 Å². The van der Waals surface area contributed by atoms with E-state index in [9.17, 15) is 13.5 Å². The number of aromatic nitrogens is 1. The molecule has 0 saturated heterocycles. The molecule has 0 aliphatic heterocycles. The third-order valence-corrected chi connectivity index (χ3v) is 4.71. The predicted octanol–water partition coefficient (Wildman–Crippen LogP) is 1.06. The van der Waals surface area contributed by atoms with Gasteiger partial charge in [0, 0.05) is 18.9 Å². The molecule has 5 nitrogen and oxygen atoms in total. The molecule has 0 aromatic carbocycles. The molecular formula is C12H18N2O3S. The summed E-state index contributed by atoms with van der Waals surface area (Å²) in [7, 11) is -3.57. The molecule has 0 spiro atoms. The first-order valence-corrected chi connectivity index (χ1v) is 7.62. The minimum absolute atomic E-state index is 0.0736. The zero-order chi connectivity index (χ0) is 13.1. The second kappa shape index (κ2) is 5.34. The van der Waals surface area contributed by atoms with E-state index in [1.54, 1.807) is 6.07 Å². The highest BCUT2D eigenvalue weighted by molar-refractivity contribution is 7.89. The van der Waals surface area contributed by atoms with Crippen molar-refractivity contribution >= 4 is 10.0 Å². The molecule has 6 heteroatoms. The van der Waals surface area contributed by atoms with Crippen LogP contribution in [0.3, 0.4) is 0 Å². The lowest BCUT2D eigenvalue weighted by molar-refractivity contribution is 0.00945. The quantitative estimate of drug-likeness (QED) is 0.857. The average molecular weight is 270 g/mol. The van der Waals surface area contributed by atoms with Gasteiger partial charge in [0.05, 0.1) is 5.60 Å². The van der Waals surface area contributed by atoms with E-state index in [0.717, 1.165) is 19.3 Å². The maximum Gasteiger partial charge on any atom is 0.242 e. The van der Waals surface area contributed by atoms with Gasteiger partial charge < -0.3 is 5.11 Å². The van der Waals surface area contributed by atoms with Crippen LogP contribution in [0, 0.1) is 0 Å². The summed E-state index contributed by atoms with van der Waals surface area (Å²) in [5.41, 5.74) is -0.895. The molecule has 1 heterocycles. The summed E-state index contributed by atoms with van der Waals surface area (Å²) < 4.78 is 26.4. The van der Waals surface area contributed by atoms with Crippen LogP contribution >= 0.6 is 0 Å². The highest BCUT2D eigenvalue weighted by Crippen LogP contribution is 2.27. The third kappa shape index (κ3) is 3.28.